The van der Waals surface area contributed by atoms with E-state index in [0.29, 0.717) is 17.7 Å². The Bertz CT molecular complexity index is 427. The van der Waals surface area contributed by atoms with Crippen LogP contribution in [0.5, 0.6) is 0 Å². The fourth-order valence-electron chi connectivity index (χ4n) is 4.87. The van der Waals surface area contributed by atoms with Crippen molar-refractivity contribution in [3.05, 3.63) is 0 Å². The summed E-state index contributed by atoms with van der Waals surface area (Å²) in [7, 11) is 0. The molecule has 3 rings (SSSR count). The van der Waals surface area contributed by atoms with Gasteiger partial charge in [0.1, 0.15) is 0 Å². The van der Waals surface area contributed by atoms with Gasteiger partial charge in [0.05, 0.1) is 0 Å². The van der Waals surface area contributed by atoms with Crippen LogP contribution in [0.25, 0.3) is 0 Å². The van der Waals surface area contributed by atoms with Gasteiger partial charge in [0, 0.05) is 38.5 Å². The van der Waals surface area contributed by atoms with Crippen LogP contribution in [0.3, 0.4) is 0 Å². The molecule has 2 heterocycles. The van der Waals surface area contributed by atoms with Gasteiger partial charge < -0.3 is 9.80 Å². The second kappa shape index (κ2) is 9.59. The predicted molar refractivity (Wildman–Crippen MR) is 100 cm³/mol. The molecular weight excluding hydrogens is 312 g/mol. The molecule has 0 radical (unpaired) electrons. The Labute approximate surface area is 153 Å². The Kier molecular flexibility index (Phi) is 7.18. The summed E-state index contributed by atoms with van der Waals surface area (Å²) >= 11 is 0. The topological polar surface area (TPSA) is 40.6 Å². The van der Waals surface area contributed by atoms with Crippen molar-refractivity contribution in [3.8, 4) is 0 Å². The van der Waals surface area contributed by atoms with Gasteiger partial charge in [-0.3, -0.25) is 9.59 Å². The maximum atomic E-state index is 12.8. The summed E-state index contributed by atoms with van der Waals surface area (Å²) in [4.78, 5) is 29.5. The smallest absolute Gasteiger partial charge is 0.225 e. The number of likely N-dealkylation sites (tertiary alicyclic amines) is 2. The van der Waals surface area contributed by atoms with Crippen molar-refractivity contribution in [2.24, 2.45) is 11.8 Å². The van der Waals surface area contributed by atoms with E-state index in [1.807, 2.05) is 4.90 Å². The van der Waals surface area contributed by atoms with E-state index < -0.39 is 0 Å². The van der Waals surface area contributed by atoms with Crippen molar-refractivity contribution in [1.29, 1.82) is 0 Å². The van der Waals surface area contributed by atoms with Crippen molar-refractivity contribution < 1.29 is 9.59 Å². The largest absolute Gasteiger partial charge is 0.343 e. The molecule has 0 N–H and O–H groups in total. The molecule has 0 aromatic carbocycles. The lowest BCUT2D eigenvalue weighted by atomic mass is 9.92. The van der Waals surface area contributed by atoms with Gasteiger partial charge >= 0.3 is 0 Å². The highest BCUT2D eigenvalue weighted by molar-refractivity contribution is 5.80. The van der Waals surface area contributed by atoms with Crippen molar-refractivity contribution in [2.75, 3.05) is 26.2 Å². The Hall–Kier alpha value is -1.06. The predicted octanol–water partition coefficient (Wildman–Crippen LogP) is 3.99. The molecule has 25 heavy (non-hydrogen) atoms. The quantitative estimate of drug-likeness (QED) is 0.724. The molecule has 1 saturated carbocycles. The van der Waals surface area contributed by atoms with Crippen LogP contribution in [0.15, 0.2) is 0 Å². The Morgan fingerprint density at radius 3 is 1.80 bits per heavy atom. The number of amides is 2. The molecular formula is C21H36N2O2. The highest BCUT2D eigenvalue weighted by Gasteiger charge is 2.31. The normalized spacial score (nSPS) is 24.6. The molecule has 0 spiro atoms. The molecule has 0 atom stereocenters. The van der Waals surface area contributed by atoms with Gasteiger partial charge in [-0.25, -0.2) is 0 Å². The molecule has 0 unspecified atom stereocenters. The minimum atomic E-state index is 0.153. The highest BCUT2D eigenvalue weighted by Crippen LogP contribution is 2.27. The van der Waals surface area contributed by atoms with Crippen molar-refractivity contribution >= 4 is 11.8 Å². The summed E-state index contributed by atoms with van der Waals surface area (Å²) in [6.07, 6.45) is 15.1. The molecule has 0 aromatic heterocycles. The lowest BCUT2D eigenvalue weighted by molar-refractivity contribution is -0.141. The lowest BCUT2D eigenvalue weighted by Crippen LogP contribution is -2.45. The SMILES string of the molecule is O=C(CC1CCCCCC1)N1CCC(C(=O)N2CCCCCC2)CC1. The minimum Gasteiger partial charge on any atom is -0.343 e. The third kappa shape index (κ3) is 5.46. The number of carbonyl (C=O) groups is 2. The Balaban J connectivity index is 1.42. The van der Waals surface area contributed by atoms with E-state index in [9.17, 15) is 9.59 Å². The van der Waals surface area contributed by atoms with Crippen molar-refractivity contribution in [2.45, 2.75) is 83.5 Å². The van der Waals surface area contributed by atoms with Crippen LogP contribution in [0, 0.1) is 11.8 Å². The Morgan fingerprint density at radius 1 is 0.640 bits per heavy atom. The van der Waals surface area contributed by atoms with E-state index in [0.717, 1.165) is 58.3 Å². The first-order valence-corrected chi connectivity index (χ1v) is 10.8. The molecule has 0 aromatic rings. The van der Waals surface area contributed by atoms with E-state index in [1.165, 1.54) is 51.4 Å². The molecule has 142 valence electrons. The first-order chi connectivity index (χ1) is 12.2. The molecule has 4 nitrogen and oxygen atoms in total. The zero-order valence-corrected chi connectivity index (χ0v) is 15.9. The maximum absolute atomic E-state index is 12.8. The van der Waals surface area contributed by atoms with E-state index in [-0.39, 0.29) is 5.92 Å². The second-order valence-electron chi connectivity index (χ2n) is 8.46. The third-order valence-corrected chi connectivity index (χ3v) is 6.55. The molecule has 3 fully saturated rings. The number of hydrogen-bond donors (Lipinski definition) is 0. The Morgan fingerprint density at radius 2 is 1.20 bits per heavy atom. The average Bonchev–Trinajstić information content (AvgIpc) is 3.06. The summed E-state index contributed by atoms with van der Waals surface area (Å²) in [5.41, 5.74) is 0. The van der Waals surface area contributed by atoms with Gasteiger partial charge in [0.2, 0.25) is 11.8 Å². The summed E-state index contributed by atoms with van der Waals surface area (Å²) in [6, 6.07) is 0. The van der Waals surface area contributed by atoms with Crippen LogP contribution in [0.4, 0.5) is 0 Å². The fourth-order valence-corrected chi connectivity index (χ4v) is 4.87. The molecule has 4 heteroatoms. The van der Waals surface area contributed by atoms with Crippen molar-refractivity contribution in [3.63, 3.8) is 0 Å². The first kappa shape index (κ1) is 18.7. The number of nitrogens with zero attached hydrogens (tertiary/aromatic N) is 2. The van der Waals surface area contributed by atoms with Gasteiger partial charge in [-0.1, -0.05) is 38.5 Å². The monoisotopic (exact) mass is 348 g/mol. The standard InChI is InChI=1S/C21H36N2O2/c24-20(17-18-9-5-1-2-6-10-18)22-15-11-19(12-16-22)21(25)23-13-7-3-4-8-14-23/h18-19H,1-17H2. The molecule has 2 aliphatic heterocycles. The number of rotatable bonds is 3. The van der Waals surface area contributed by atoms with Crippen LogP contribution in [-0.2, 0) is 9.59 Å². The van der Waals surface area contributed by atoms with E-state index >= 15 is 0 Å². The van der Waals surface area contributed by atoms with Crippen LogP contribution >= 0.6 is 0 Å². The molecule has 0 bridgehead atoms. The molecule has 3 aliphatic rings. The van der Waals surface area contributed by atoms with Crippen LogP contribution in [0.2, 0.25) is 0 Å². The third-order valence-electron chi connectivity index (χ3n) is 6.55. The number of carbonyl (C=O) groups excluding carboxylic acids is 2. The van der Waals surface area contributed by atoms with E-state index in [1.54, 1.807) is 0 Å². The van der Waals surface area contributed by atoms with Crippen molar-refractivity contribution in [1.82, 2.24) is 9.80 Å². The second-order valence-corrected chi connectivity index (χ2v) is 8.46. The van der Waals surface area contributed by atoms with Gasteiger partial charge in [0.25, 0.3) is 0 Å². The summed E-state index contributed by atoms with van der Waals surface area (Å²) in [6.45, 7) is 3.46. The van der Waals surface area contributed by atoms with Gasteiger partial charge in [-0.2, -0.15) is 0 Å². The molecule has 2 amide bonds. The molecule has 1 aliphatic carbocycles. The van der Waals surface area contributed by atoms with E-state index in [2.05, 4.69) is 4.90 Å². The number of hydrogen-bond acceptors (Lipinski definition) is 2. The van der Waals surface area contributed by atoms with Crippen LogP contribution in [0.1, 0.15) is 83.5 Å². The zero-order valence-electron chi connectivity index (χ0n) is 15.9. The van der Waals surface area contributed by atoms with Gasteiger partial charge in [-0.15, -0.1) is 0 Å². The maximum Gasteiger partial charge on any atom is 0.225 e. The number of piperidine rings is 1. The fraction of sp³-hybridized carbons (Fsp3) is 0.905. The lowest BCUT2D eigenvalue weighted by Gasteiger charge is -2.34. The first-order valence-electron chi connectivity index (χ1n) is 10.8. The van der Waals surface area contributed by atoms with Gasteiger partial charge in [0.15, 0.2) is 0 Å². The zero-order chi connectivity index (χ0) is 17.5. The van der Waals surface area contributed by atoms with E-state index in [4.69, 9.17) is 0 Å². The summed E-state index contributed by atoms with van der Waals surface area (Å²) < 4.78 is 0. The molecule has 2 saturated heterocycles. The average molecular weight is 349 g/mol. The minimum absolute atomic E-state index is 0.153. The van der Waals surface area contributed by atoms with Crippen LogP contribution < -0.4 is 0 Å². The van der Waals surface area contributed by atoms with Crippen LogP contribution in [-0.4, -0.2) is 47.8 Å². The summed E-state index contributed by atoms with van der Waals surface area (Å²) in [5.74, 6) is 1.46. The highest BCUT2D eigenvalue weighted by atomic mass is 16.2. The summed E-state index contributed by atoms with van der Waals surface area (Å²) in [5, 5.41) is 0. The van der Waals surface area contributed by atoms with Gasteiger partial charge in [-0.05, 0) is 44.4 Å².